The van der Waals surface area contributed by atoms with Gasteiger partial charge in [0.2, 0.25) is 5.78 Å². The lowest BCUT2D eigenvalue weighted by molar-refractivity contribution is 0.104. The Balaban J connectivity index is 3.13. The van der Waals surface area contributed by atoms with Crippen molar-refractivity contribution in [3.63, 3.8) is 0 Å². The quantitative estimate of drug-likeness (QED) is 0.471. The largest absolute Gasteiger partial charge is 0.288 e. The van der Waals surface area contributed by atoms with Gasteiger partial charge < -0.3 is 0 Å². The van der Waals surface area contributed by atoms with Crippen LogP contribution in [0.15, 0.2) is 31.0 Å². The molecule has 0 N–H and O–H groups in total. The molecule has 0 saturated carbocycles. The molecule has 2 heteroatoms. The van der Waals surface area contributed by atoms with Crippen LogP contribution in [0, 0.1) is 6.92 Å². The number of aryl methyl sites for hydroxylation is 1. The summed E-state index contributed by atoms with van der Waals surface area (Å²) in [6.45, 7) is 5.24. The molecular weight excluding hydrogens is 138 g/mol. The maximum Gasteiger partial charge on any atom is 0.203 e. The fourth-order valence-electron chi connectivity index (χ4n) is 0.840. The molecule has 1 heterocycles. The summed E-state index contributed by atoms with van der Waals surface area (Å²) in [5.41, 5.74) is 1.37. The van der Waals surface area contributed by atoms with Gasteiger partial charge in [0.1, 0.15) is 5.69 Å². The lowest BCUT2D eigenvalue weighted by Crippen LogP contribution is -1.99. The van der Waals surface area contributed by atoms with Gasteiger partial charge in [-0.05, 0) is 24.6 Å². The molecule has 0 fully saturated rings. The topological polar surface area (TPSA) is 30.0 Å². The Morgan fingerprint density at radius 3 is 3.00 bits per heavy atom. The molecule has 1 aromatic heterocycles. The Morgan fingerprint density at radius 2 is 2.45 bits per heavy atom. The Morgan fingerprint density at radius 1 is 1.73 bits per heavy atom. The minimum atomic E-state index is -0.122. The van der Waals surface area contributed by atoms with Crippen molar-refractivity contribution in [2.75, 3.05) is 0 Å². The number of carbonyl (C=O) groups is 1. The third-order valence-corrected chi connectivity index (χ3v) is 1.43. The van der Waals surface area contributed by atoms with Crippen molar-refractivity contribution in [2.45, 2.75) is 6.92 Å². The van der Waals surface area contributed by atoms with Crippen molar-refractivity contribution in [2.24, 2.45) is 0 Å². The smallest absolute Gasteiger partial charge is 0.203 e. The first kappa shape index (κ1) is 7.66. The van der Waals surface area contributed by atoms with Crippen LogP contribution in [0.25, 0.3) is 0 Å². The number of aromatic nitrogens is 1. The second-order valence-electron chi connectivity index (χ2n) is 2.24. The minimum Gasteiger partial charge on any atom is -0.288 e. The Labute approximate surface area is 65.6 Å². The molecule has 0 radical (unpaired) electrons. The predicted molar refractivity (Wildman–Crippen MR) is 43.5 cm³/mol. The van der Waals surface area contributed by atoms with E-state index in [1.165, 1.54) is 6.08 Å². The molecule has 1 aromatic rings. The van der Waals surface area contributed by atoms with Gasteiger partial charge in [0.15, 0.2) is 0 Å². The summed E-state index contributed by atoms with van der Waals surface area (Å²) in [7, 11) is 0. The van der Waals surface area contributed by atoms with Crippen LogP contribution in [-0.4, -0.2) is 10.8 Å². The number of hydrogen-bond acceptors (Lipinski definition) is 2. The first-order valence-electron chi connectivity index (χ1n) is 3.34. The second-order valence-corrected chi connectivity index (χ2v) is 2.24. The van der Waals surface area contributed by atoms with Crippen molar-refractivity contribution < 1.29 is 4.79 Å². The Kier molecular flexibility index (Phi) is 2.16. The van der Waals surface area contributed by atoms with Crippen LogP contribution in [0.4, 0.5) is 0 Å². The number of ketones is 1. The van der Waals surface area contributed by atoms with E-state index in [4.69, 9.17) is 0 Å². The molecule has 11 heavy (non-hydrogen) atoms. The summed E-state index contributed by atoms with van der Waals surface area (Å²) in [6, 6.07) is 3.65. The molecule has 0 spiro atoms. The molecule has 0 amide bonds. The van der Waals surface area contributed by atoms with E-state index in [9.17, 15) is 4.79 Å². The maximum atomic E-state index is 11.1. The minimum absolute atomic E-state index is 0.122. The van der Waals surface area contributed by atoms with Crippen LogP contribution in [0.3, 0.4) is 0 Å². The average molecular weight is 147 g/mol. The predicted octanol–water partition coefficient (Wildman–Crippen LogP) is 1.76. The van der Waals surface area contributed by atoms with Gasteiger partial charge in [0.25, 0.3) is 0 Å². The molecule has 0 atom stereocenters. The van der Waals surface area contributed by atoms with Gasteiger partial charge in [0, 0.05) is 6.20 Å². The number of pyridine rings is 1. The molecule has 0 saturated heterocycles. The van der Waals surface area contributed by atoms with Crippen molar-refractivity contribution in [3.05, 3.63) is 42.2 Å². The molecular formula is C9H9NO. The SMILES string of the molecule is C=CC(=O)c1ncccc1C. The first-order valence-corrected chi connectivity index (χ1v) is 3.34. The molecule has 0 unspecified atom stereocenters. The molecule has 0 aliphatic rings. The fraction of sp³-hybridized carbons (Fsp3) is 0.111. The molecule has 2 nitrogen and oxygen atoms in total. The van der Waals surface area contributed by atoms with E-state index in [0.717, 1.165) is 5.56 Å². The number of carbonyl (C=O) groups excluding carboxylic acids is 1. The summed E-state index contributed by atoms with van der Waals surface area (Å²) in [5.74, 6) is -0.122. The van der Waals surface area contributed by atoms with Gasteiger partial charge in [-0.25, -0.2) is 0 Å². The highest BCUT2D eigenvalue weighted by Gasteiger charge is 2.03. The van der Waals surface area contributed by atoms with Gasteiger partial charge in [-0.15, -0.1) is 0 Å². The zero-order chi connectivity index (χ0) is 8.27. The van der Waals surface area contributed by atoms with E-state index in [0.29, 0.717) is 5.69 Å². The summed E-state index contributed by atoms with van der Waals surface area (Å²) < 4.78 is 0. The Bertz CT molecular complexity index is 291. The lowest BCUT2D eigenvalue weighted by atomic mass is 10.1. The van der Waals surface area contributed by atoms with E-state index >= 15 is 0 Å². The van der Waals surface area contributed by atoms with Crippen molar-refractivity contribution in [1.29, 1.82) is 0 Å². The van der Waals surface area contributed by atoms with Gasteiger partial charge in [-0.3, -0.25) is 9.78 Å². The lowest BCUT2D eigenvalue weighted by Gasteiger charge is -1.97. The fourth-order valence-corrected chi connectivity index (χ4v) is 0.840. The summed E-state index contributed by atoms with van der Waals surface area (Å²) >= 11 is 0. The molecule has 56 valence electrons. The third-order valence-electron chi connectivity index (χ3n) is 1.43. The normalized spacial score (nSPS) is 9.18. The van der Waals surface area contributed by atoms with Crippen molar-refractivity contribution in [3.8, 4) is 0 Å². The van der Waals surface area contributed by atoms with Crippen LogP contribution in [0.5, 0.6) is 0 Å². The zero-order valence-electron chi connectivity index (χ0n) is 6.37. The molecule has 0 bridgehead atoms. The number of rotatable bonds is 2. The zero-order valence-corrected chi connectivity index (χ0v) is 6.37. The van der Waals surface area contributed by atoms with Crippen LogP contribution >= 0.6 is 0 Å². The van der Waals surface area contributed by atoms with E-state index in [-0.39, 0.29) is 5.78 Å². The summed E-state index contributed by atoms with van der Waals surface area (Å²) in [6.07, 6.45) is 2.87. The molecule has 0 aromatic carbocycles. The standard InChI is InChI=1S/C9H9NO/c1-3-8(11)9-7(2)5-4-6-10-9/h3-6H,1H2,2H3. The van der Waals surface area contributed by atoms with E-state index in [1.54, 1.807) is 12.3 Å². The summed E-state index contributed by atoms with van der Waals surface area (Å²) in [4.78, 5) is 15.0. The van der Waals surface area contributed by atoms with Gasteiger partial charge in [-0.2, -0.15) is 0 Å². The van der Waals surface area contributed by atoms with E-state index < -0.39 is 0 Å². The average Bonchev–Trinajstić information content (AvgIpc) is 2.04. The van der Waals surface area contributed by atoms with Crippen molar-refractivity contribution in [1.82, 2.24) is 4.98 Å². The van der Waals surface area contributed by atoms with Crippen LogP contribution in [0.2, 0.25) is 0 Å². The first-order chi connectivity index (χ1) is 5.25. The highest BCUT2D eigenvalue weighted by atomic mass is 16.1. The summed E-state index contributed by atoms with van der Waals surface area (Å²) in [5, 5.41) is 0. The maximum absolute atomic E-state index is 11.1. The van der Waals surface area contributed by atoms with Crippen molar-refractivity contribution >= 4 is 5.78 Å². The van der Waals surface area contributed by atoms with Gasteiger partial charge in [-0.1, -0.05) is 12.6 Å². The van der Waals surface area contributed by atoms with Crippen LogP contribution < -0.4 is 0 Å². The number of nitrogens with zero attached hydrogens (tertiary/aromatic N) is 1. The molecule has 0 aliphatic heterocycles. The molecule has 0 aliphatic carbocycles. The Hall–Kier alpha value is -1.44. The van der Waals surface area contributed by atoms with Gasteiger partial charge in [0.05, 0.1) is 0 Å². The highest BCUT2D eigenvalue weighted by molar-refractivity contribution is 6.03. The van der Waals surface area contributed by atoms with Gasteiger partial charge >= 0.3 is 0 Å². The number of allylic oxidation sites excluding steroid dienone is 1. The highest BCUT2D eigenvalue weighted by Crippen LogP contribution is 2.03. The van der Waals surface area contributed by atoms with E-state index in [1.807, 2.05) is 13.0 Å². The monoisotopic (exact) mass is 147 g/mol. The van der Waals surface area contributed by atoms with Crippen LogP contribution in [0.1, 0.15) is 16.1 Å². The third kappa shape index (κ3) is 1.52. The molecule has 1 rings (SSSR count). The van der Waals surface area contributed by atoms with E-state index in [2.05, 4.69) is 11.6 Å². The van der Waals surface area contributed by atoms with Crippen LogP contribution in [-0.2, 0) is 0 Å². The number of hydrogen-bond donors (Lipinski definition) is 0. The second kappa shape index (κ2) is 3.10.